The molecule has 2 heterocycles. The van der Waals surface area contributed by atoms with E-state index >= 15 is 0 Å². The summed E-state index contributed by atoms with van der Waals surface area (Å²) in [6.07, 6.45) is 1.69. The van der Waals surface area contributed by atoms with Gasteiger partial charge in [0.25, 0.3) is 5.91 Å². The number of hydrogen-bond donors (Lipinski definition) is 2. The highest BCUT2D eigenvalue weighted by atomic mass is 32.1. The third kappa shape index (κ3) is 3.68. The van der Waals surface area contributed by atoms with E-state index in [-0.39, 0.29) is 5.91 Å². The number of amides is 1. The number of aromatic amines is 1. The number of aromatic nitrogens is 2. The average molecular weight is 361 g/mol. The van der Waals surface area contributed by atoms with Gasteiger partial charge in [0, 0.05) is 12.1 Å². The molecule has 0 atom stereocenters. The van der Waals surface area contributed by atoms with E-state index in [0.717, 1.165) is 35.4 Å². The molecule has 4 aromatic rings. The summed E-state index contributed by atoms with van der Waals surface area (Å²) in [4.78, 5) is 20.9. The third-order valence-corrected chi connectivity index (χ3v) is 5.14. The summed E-state index contributed by atoms with van der Waals surface area (Å²) in [5, 5.41) is 4.86. The van der Waals surface area contributed by atoms with Gasteiger partial charge in [-0.3, -0.25) is 4.79 Å². The Kier molecular flexibility index (Phi) is 4.54. The second-order valence-electron chi connectivity index (χ2n) is 6.34. The van der Waals surface area contributed by atoms with Crippen molar-refractivity contribution in [2.45, 2.75) is 19.8 Å². The van der Waals surface area contributed by atoms with Crippen molar-refractivity contribution < 1.29 is 4.79 Å². The van der Waals surface area contributed by atoms with Crippen LogP contribution in [-0.4, -0.2) is 15.9 Å². The van der Waals surface area contributed by atoms with Gasteiger partial charge in [0.1, 0.15) is 5.82 Å². The van der Waals surface area contributed by atoms with Gasteiger partial charge in [-0.15, -0.1) is 11.3 Å². The number of benzene rings is 2. The zero-order valence-electron chi connectivity index (χ0n) is 14.5. The van der Waals surface area contributed by atoms with Gasteiger partial charge in [-0.2, -0.15) is 0 Å². The number of nitrogens with zero attached hydrogens (tertiary/aromatic N) is 1. The highest BCUT2D eigenvalue weighted by Gasteiger charge is 2.08. The van der Waals surface area contributed by atoms with Crippen molar-refractivity contribution in [1.82, 2.24) is 9.97 Å². The number of carbonyl (C=O) groups excluding carboxylic acids is 1. The van der Waals surface area contributed by atoms with E-state index in [1.165, 1.54) is 22.5 Å². The molecule has 0 aliphatic rings. The van der Waals surface area contributed by atoms with E-state index in [2.05, 4.69) is 40.4 Å². The Morgan fingerprint density at radius 3 is 2.88 bits per heavy atom. The number of hydrogen-bond acceptors (Lipinski definition) is 3. The lowest BCUT2D eigenvalue weighted by molar-refractivity contribution is 0.103. The van der Waals surface area contributed by atoms with Gasteiger partial charge >= 0.3 is 0 Å². The normalized spacial score (nSPS) is 11.0. The summed E-state index contributed by atoms with van der Waals surface area (Å²) in [5.74, 6) is 0.920. The number of carbonyl (C=O) groups is 1. The molecule has 2 aromatic heterocycles. The van der Waals surface area contributed by atoms with Crippen LogP contribution < -0.4 is 5.32 Å². The molecule has 4 nitrogen and oxygen atoms in total. The Labute approximate surface area is 155 Å². The number of nitrogens with one attached hydrogen (secondary N) is 2. The first kappa shape index (κ1) is 16.5. The van der Waals surface area contributed by atoms with Crippen LogP contribution >= 0.6 is 11.3 Å². The molecule has 0 aliphatic carbocycles. The Morgan fingerprint density at radius 1 is 1.12 bits per heavy atom. The number of imidazole rings is 1. The molecule has 1 amide bonds. The molecule has 4 rings (SSSR count). The first-order chi connectivity index (χ1) is 12.7. The standard InChI is InChI=1S/C21H19N3OS/c1-14-7-9-17-18(12-14)24-20(23-17)10-8-15-4-2-5-16(13-15)22-21(25)19-6-3-11-26-19/h2-7,9,11-13H,8,10H2,1H3,(H,22,25)(H,23,24). The topological polar surface area (TPSA) is 57.8 Å². The molecule has 5 heteroatoms. The molecule has 0 bridgehead atoms. The number of rotatable bonds is 5. The summed E-state index contributed by atoms with van der Waals surface area (Å²) in [6, 6.07) is 17.9. The smallest absolute Gasteiger partial charge is 0.265 e. The zero-order chi connectivity index (χ0) is 17.9. The predicted octanol–water partition coefficient (Wildman–Crippen LogP) is 4.97. The van der Waals surface area contributed by atoms with Crippen molar-refractivity contribution in [2.75, 3.05) is 5.32 Å². The van der Waals surface area contributed by atoms with E-state index in [4.69, 9.17) is 0 Å². The molecule has 0 spiro atoms. The lowest BCUT2D eigenvalue weighted by Gasteiger charge is -2.06. The van der Waals surface area contributed by atoms with Gasteiger partial charge in [-0.1, -0.05) is 24.3 Å². The lowest BCUT2D eigenvalue weighted by atomic mass is 10.1. The molecule has 0 saturated heterocycles. The zero-order valence-corrected chi connectivity index (χ0v) is 15.3. The van der Waals surface area contributed by atoms with Crippen molar-refractivity contribution in [3.05, 3.63) is 81.8 Å². The van der Waals surface area contributed by atoms with Gasteiger partial charge in [-0.05, 0) is 60.2 Å². The molecule has 2 aromatic carbocycles. The minimum atomic E-state index is -0.0650. The fourth-order valence-electron chi connectivity index (χ4n) is 2.96. The molecular weight excluding hydrogens is 342 g/mol. The van der Waals surface area contributed by atoms with Crippen LogP contribution in [0.2, 0.25) is 0 Å². The summed E-state index contributed by atoms with van der Waals surface area (Å²) < 4.78 is 0. The number of anilines is 1. The first-order valence-electron chi connectivity index (χ1n) is 8.56. The summed E-state index contributed by atoms with van der Waals surface area (Å²) >= 11 is 1.44. The van der Waals surface area contributed by atoms with Crippen molar-refractivity contribution in [2.24, 2.45) is 0 Å². The van der Waals surface area contributed by atoms with E-state index in [0.29, 0.717) is 4.88 Å². The molecule has 0 radical (unpaired) electrons. The van der Waals surface area contributed by atoms with Crippen molar-refractivity contribution in [3.63, 3.8) is 0 Å². The van der Waals surface area contributed by atoms with Crippen LogP contribution in [0.4, 0.5) is 5.69 Å². The summed E-state index contributed by atoms with van der Waals surface area (Å²) in [7, 11) is 0. The highest BCUT2D eigenvalue weighted by Crippen LogP contribution is 2.17. The van der Waals surface area contributed by atoms with Crippen LogP contribution in [0.15, 0.2) is 60.0 Å². The average Bonchev–Trinajstić information content (AvgIpc) is 3.29. The first-order valence-corrected chi connectivity index (χ1v) is 9.44. The van der Waals surface area contributed by atoms with Crippen LogP contribution in [0.25, 0.3) is 11.0 Å². The Balaban J connectivity index is 1.43. The fraction of sp³-hybridized carbons (Fsp3) is 0.143. The molecule has 0 fully saturated rings. The summed E-state index contributed by atoms with van der Waals surface area (Å²) in [6.45, 7) is 2.08. The van der Waals surface area contributed by atoms with Gasteiger partial charge in [0.2, 0.25) is 0 Å². The van der Waals surface area contributed by atoms with E-state index in [1.807, 2.05) is 41.8 Å². The van der Waals surface area contributed by atoms with E-state index in [9.17, 15) is 4.79 Å². The maximum atomic E-state index is 12.2. The Morgan fingerprint density at radius 2 is 2.04 bits per heavy atom. The van der Waals surface area contributed by atoms with Gasteiger partial charge in [-0.25, -0.2) is 4.98 Å². The maximum Gasteiger partial charge on any atom is 0.265 e. The summed E-state index contributed by atoms with van der Waals surface area (Å²) in [5.41, 5.74) is 5.30. The Bertz CT molecular complexity index is 1050. The lowest BCUT2D eigenvalue weighted by Crippen LogP contribution is -2.10. The number of H-pyrrole nitrogens is 1. The van der Waals surface area contributed by atoms with Crippen LogP contribution in [0.5, 0.6) is 0 Å². The second-order valence-corrected chi connectivity index (χ2v) is 7.28. The molecule has 0 unspecified atom stereocenters. The van der Waals surface area contributed by atoms with E-state index < -0.39 is 0 Å². The van der Waals surface area contributed by atoms with Gasteiger partial charge in [0.05, 0.1) is 15.9 Å². The number of fused-ring (bicyclic) bond motifs is 1. The van der Waals surface area contributed by atoms with Crippen LogP contribution in [-0.2, 0) is 12.8 Å². The van der Waals surface area contributed by atoms with Gasteiger partial charge < -0.3 is 10.3 Å². The minimum absolute atomic E-state index is 0.0650. The quantitative estimate of drug-likeness (QED) is 0.527. The van der Waals surface area contributed by atoms with Gasteiger partial charge in [0.15, 0.2) is 0 Å². The monoisotopic (exact) mass is 361 g/mol. The maximum absolute atomic E-state index is 12.2. The van der Waals surface area contributed by atoms with E-state index in [1.54, 1.807) is 0 Å². The van der Waals surface area contributed by atoms with Crippen molar-refractivity contribution in [1.29, 1.82) is 0 Å². The predicted molar refractivity (Wildman–Crippen MR) is 107 cm³/mol. The third-order valence-electron chi connectivity index (χ3n) is 4.27. The fourth-order valence-corrected chi connectivity index (χ4v) is 3.58. The number of thiophene rings is 1. The molecular formula is C21H19N3OS. The SMILES string of the molecule is Cc1ccc2nc(CCc3cccc(NC(=O)c4cccs4)c3)[nH]c2c1. The minimum Gasteiger partial charge on any atom is -0.342 e. The van der Waals surface area contributed by atoms with Crippen LogP contribution in [0.3, 0.4) is 0 Å². The van der Waals surface area contributed by atoms with Crippen molar-refractivity contribution >= 4 is 34.0 Å². The highest BCUT2D eigenvalue weighted by molar-refractivity contribution is 7.12. The van der Waals surface area contributed by atoms with Crippen molar-refractivity contribution in [3.8, 4) is 0 Å². The van der Waals surface area contributed by atoms with Crippen LogP contribution in [0.1, 0.15) is 26.6 Å². The second kappa shape index (κ2) is 7.14. The largest absolute Gasteiger partial charge is 0.342 e. The molecule has 130 valence electrons. The van der Waals surface area contributed by atoms with Crippen LogP contribution in [0, 0.1) is 6.92 Å². The number of aryl methyl sites for hydroxylation is 3. The Hall–Kier alpha value is -2.92. The molecule has 2 N–H and O–H groups in total. The molecule has 0 saturated carbocycles. The molecule has 0 aliphatic heterocycles. The molecule has 26 heavy (non-hydrogen) atoms.